The predicted octanol–water partition coefficient (Wildman–Crippen LogP) is 0.546. The zero-order chi connectivity index (χ0) is 11.3. The lowest BCUT2D eigenvalue weighted by Crippen LogP contribution is -2.39. The molecule has 15 heavy (non-hydrogen) atoms. The normalized spacial score (nSPS) is 23.1. The molecule has 1 aliphatic rings. The molecule has 0 aliphatic carbocycles. The van der Waals surface area contributed by atoms with Crippen molar-refractivity contribution in [2.24, 2.45) is 11.8 Å². The minimum atomic E-state index is -0.300. The van der Waals surface area contributed by atoms with Gasteiger partial charge in [-0.1, -0.05) is 13.8 Å². The standard InChI is InChI=1S/C11H21NO3/c1-8(2)10(7-13)11(14)12-6-9-4-3-5-15-9/h8-10,13H,3-7H2,1-2H3,(H,12,14). The van der Waals surface area contributed by atoms with Crippen LogP contribution in [-0.4, -0.2) is 36.9 Å². The summed E-state index contributed by atoms with van der Waals surface area (Å²) in [5.41, 5.74) is 0. The maximum absolute atomic E-state index is 11.6. The fourth-order valence-corrected chi connectivity index (χ4v) is 1.75. The molecule has 4 heteroatoms. The van der Waals surface area contributed by atoms with E-state index in [2.05, 4.69) is 5.32 Å². The number of aliphatic hydroxyl groups is 1. The highest BCUT2D eigenvalue weighted by Gasteiger charge is 2.23. The molecule has 0 aromatic heterocycles. The molecular weight excluding hydrogens is 194 g/mol. The first kappa shape index (κ1) is 12.5. The molecule has 0 saturated carbocycles. The van der Waals surface area contributed by atoms with Crippen molar-refractivity contribution in [3.63, 3.8) is 0 Å². The van der Waals surface area contributed by atoms with Crippen LogP contribution in [0.5, 0.6) is 0 Å². The molecular formula is C11H21NO3. The van der Waals surface area contributed by atoms with Gasteiger partial charge in [0.1, 0.15) is 0 Å². The van der Waals surface area contributed by atoms with Gasteiger partial charge in [0.2, 0.25) is 5.91 Å². The summed E-state index contributed by atoms with van der Waals surface area (Å²) in [5.74, 6) is -0.200. The number of hydrogen-bond acceptors (Lipinski definition) is 3. The number of ether oxygens (including phenoxy) is 1. The van der Waals surface area contributed by atoms with Gasteiger partial charge in [-0.15, -0.1) is 0 Å². The molecule has 88 valence electrons. The summed E-state index contributed by atoms with van der Waals surface area (Å²) in [4.78, 5) is 11.6. The molecule has 0 bridgehead atoms. The first-order valence-corrected chi connectivity index (χ1v) is 5.65. The lowest BCUT2D eigenvalue weighted by Gasteiger charge is -2.19. The molecule has 1 heterocycles. The summed E-state index contributed by atoms with van der Waals surface area (Å²) >= 11 is 0. The Morgan fingerprint density at radius 3 is 2.80 bits per heavy atom. The van der Waals surface area contributed by atoms with Crippen molar-refractivity contribution in [2.45, 2.75) is 32.8 Å². The Bertz CT molecular complexity index is 200. The van der Waals surface area contributed by atoms with Crippen molar-refractivity contribution in [3.05, 3.63) is 0 Å². The van der Waals surface area contributed by atoms with Crippen LogP contribution in [-0.2, 0) is 9.53 Å². The molecule has 1 amide bonds. The minimum Gasteiger partial charge on any atom is -0.396 e. The summed E-state index contributed by atoms with van der Waals surface area (Å²) in [7, 11) is 0. The van der Waals surface area contributed by atoms with Gasteiger partial charge >= 0.3 is 0 Å². The minimum absolute atomic E-state index is 0.0667. The van der Waals surface area contributed by atoms with Gasteiger partial charge in [-0.2, -0.15) is 0 Å². The van der Waals surface area contributed by atoms with E-state index in [0.29, 0.717) is 6.54 Å². The first-order chi connectivity index (χ1) is 7.15. The van der Waals surface area contributed by atoms with Crippen LogP contribution >= 0.6 is 0 Å². The highest BCUT2D eigenvalue weighted by atomic mass is 16.5. The number of carbonyl (C=O) groups excluding carboxylic acids is 1. The number of carbonyl (C=O) groups is 1. The second-order valence-corrected chi connectivity index (χ2v) is 4.41. The molecule has 2 unspecified atom stereocenters. The van der Waals surface area contributed by atoms with Crippen molar-refractivity contribution in [2.75, 3.05) is 19.8 Å². The Morgan fingerprint density at radius 2 is 2.33 bits per heavy atom. The van der Waals surface area contributed by atoms with Crippen LogP contribution in [0.25, 0.3) is 0 Å². The zero-order valence-corrected chi connectivity index (χ0v) is 9.53. The lowest BCUT2D eigenvalue weighted by molar-refractivity contribution is -0.128. The lowest BCUT2D eigenvalue weighted by atomic mass is 9.96. The average molecular weight is 215 g/mol. The Morgan fingerprint density at radius 1 is 1.60 bits per heavy atom. The fraction of sp³-hybridized carbons (Fsp3) is 0.909. The van der Waals surface area contributed by atoms with E-state index in [0.717, 1.165) is 19.4 Å². The Hall–Kier alpha value is -0.610. The molecule has 0 aromatic carbocycles. The van der Waals surface area contributed by atoms with Crippen LogP contribution in [0.1, 0.15) is 26.7 Å². The number of aliphatic hydroxyl groups excluding tert-OH is 1. The molecule has 1 fully saturated rings. The van der Waals surface area contributed by atoms with Crippen LogP contribution < -0.4 is 5.32 Å². The van der Waals surface area contributed by atoms with Gasteiger partial charge in [-0.25, -0.2) is 0 Å². The third kappa shape index (κ3) is 3.80. The third-order valence-corrected chi connectivity index (χ3v) is 2.87. The number of nitrogens with one attached hydrogen (secondary N) is 1. The van der Waals surface area contributed by atoms with Gasteiger partial charge in [0, 0.05) is 13.2 Å². The first-order valence-electron chi connectivity index (χ1n) is 5.65. The Labute approximate surface area is 91.0 Å². The second kappa shape index (κ2) is 6.08. The van der Waals surface area contributed by atoms with Crippen molar-refractivity contribution in [3.8, 4) is 0 Å². The topological polar surface area (TPSA) is 58.6 Å². The van der Waals surface area contributed by atoms with Crippen molar-refractivity contribution < 1.29 is 14.6 Å². The van der Waals surface area contributed by atoms with E-state index in [9.17, 15) is 4.79 Å². The Balaban J connectivity index is 2.27. The van der Waals surface area contributed by atoms with E-state index >= 15 is 0 Å². The molecule has 0 spiro atoms. The maximum Gasteiger partial charge on any atom is 0.225 e. The third-order valence-electron chi connectivity index (χ3n) is 2.87. The van der Waals surface area contributed by atoms with Gasteiger partial charge in [0.25, 0.3) is 0 Å². The number of hydrogen-bond donors (Lipinski definition) is 2. The SMILES string of the molecule is CC(C)C(CO)C(=O)NCC1CCCO1. The summed E-state index contributed by atoms with van der Waals surface area (Å²) in [5, 5.41) is 11.9. The summed E-state index contributed by atoms with van der Waals surface area (Å²) in [6, 6.07) is 0. The maximum atomic E-state index is 11.6. The quantitative estimate of drug-likeness (QED) is 0.704. The van der Waals surface area contributed by atoms with Crippen molar-refractivity contribution in [1.82, 2.24) is 5.32 Å². The van der Waals surface area contributed by atoms with Crippen molar-refractivity contribution >= 4 is 5.91 Å². The van der Waals surface area contributed by atoms with Crippen LogP contribution in [0.4, 0.5) is 0 Å². The fourth-order valence-electron chi connectivity index (χ4n) is 1.75. The zero-order valence-electron chi connectivity index (χ0n) is 9.53. The molecule has 1 rings (SSSR count). The number of amides is 1. The van der Waals surface area contributed by atoms with Crippen LogP contribution in [0.2, 0.25) is 0 Å². The van der Waals surface area contributed by atoms with E-state index in [1.807, 2.05) is 13.8 Å². The van der Waals surface area contributed by atoms with Crippen LogP contribution in [0.15, 0.2) is 0 Å². The number of rotatable bonds is 5. The van der Waals surface area contributed by atoms with Gasteiger partial charge in [0.15, 0.2) is 0 Å². The van der Waals surface area contributed by atoms with E-state index in [1.165, 1.54) is 0 Å². The molecule has 4 nitrogen and oxygen atoms in total. The van der Waals surface area contributed by atoms with E-state index in [4.69, 9.17) is 9.84 Å². The van der Waals surface area contributed by atoms with E-state index in [1.54, 1.807) is 0 Å². The van der Waals surface area contributed by atoms with Gasteiger partial charge in [-0.3, -0.25) is 4.79 Å². The predicted molar refractivity (Wildman–Crippen MR) is 57.4 cm³/mol. The van der Waals surface area contributed by atoms with Crippen LogP contribution in [0.3, 0.4) is 0 Å². The van der Waals surface area contributed by atoms with E-state index < -0.39 is 0 Å². The largest absolute Gasteiger partial charge is 0.396 e. The second-order valence-electron chi connectivity index (χ2n) is 4.41. The summed E-state index contributed by atoms with van der Waals surface area (Å²) < 4.78 is 5.40. The molecule has 1 saturated heterocycles. The molecule has 0 aromatic rings. The van der Waals surface area contributed by atoms with Gasteiger partial charge in [0.05, 0.1) is 18.6 Å². The summed E-state index contributed by atoms with van der Waals surface area (Å²) in [6.07, 6.45) is 2.26. The molecule has 2 N–H and O–H groups in total. The van der Waals surface area contributed by atoms with Gasteiger partial charge < -0.3 is 15.2 Å². The average Bonchev–Trinajstić information content (AvgIpc) is 2.67. The van der Waals surface area contributed by atoms with Gasteiger partial charge in [-0.05, 0) is 18.8 Å². The summed E-state index contributed by atoms with van der Waals surface area (Å²) in [6.45, 7) is 5.16. The van der Waals surface area contributed by atoms with E-state index in [-0.39, 0.29) is 30.5 Å². The molecule has 1 aliphatic heterocycles. The Kier molecular flexibility index (Phi) is 5.05. The van der Waals surface area contributed by atoms with Crippen molar-refractivity contribution in [1.29, 1.82) is 0 Å². The molecule has 0 radical (unpaired) electrons. The van der Waals surface area contributed by atoms with Crippen LogP contribution in [0, 0.1) is 11.8 Å². The smallest absolute Gasteiger partial charge is 0.225 e. The molecule has 2 atom stereocenters. The highest BCUT2D eigenvalue weighted by molar-refractivity contribution is 5.79. The highest BCUT2D eigenvalue weighted by Crippen LogP contribution is 2.12. The monoisotopic (exact) mass is 215 g/mol.